The number of allylic oxidation sites excluding steroid dienone is 1. The van der Waals surface area contributed by atoms with Crippen LogP contribution < -0.4 is 4.90 Å². The van der Waals surface area contributed by atoms with Crippen LogP contribution in [-0.4, -0.2) is 25.4 Å². The molecule has 124 valence electrons. The number of Topliss-reactive ketones (excluding diaryl/α,β-unsaturated/α-hetero) is 1. The van der Waals surface area contributed by atoms with Gasteiger partial charge in [0, 0.05) is 24.4 Å². The van der Waals surface area contributed by atoms with E-state index in [1.807, 2.05) is 41.8 Å². The number of benzene rings is 1. The zero-order chi connectivity index (χ0) is 16.9. The molecule has 5 heteroatoms. The van der Waals surface area contributed by atoms with Crippen LogP contribution in [0.1, 0.15) is 28.9 Å². The molecule has 24 heavy (non-hydrogen) atoms. The molecular formula is C19H19NO3S. The van der Waals surface area contributed by atoms with Crippen molar-refractivity contribution in [2.45, 2.75) is 19.3 Å². The zero-order valence-electron chi connectivity index (χ0n) is 13.5. The standard InChI is InChI=1S/C19H19NO3S/c1-23-19(22)15(13-17(21)18-10-6-12-24-18)16-9-5-11-20(16)14-7-3-2-4-8-14/h2-4,6-8,10,12H,5,9,11,13H2,1H3/b16-15+. The van der Waals surface area contributed by atoms with E-state index >= 15 is 0 Å². The molecule has 0 saturated carbocycles. The third-order valence-corrected chi connectivity index (χ3v) is 5.01. The molecule has 1 fully saturated rings. The van der Waals surface area contributed by atoms with Crippen molar-refractivity contribution in [1.29, 1.82) is 0 Å². The second-order valence-corrected chi connectivity index (χ2v) is 6.53. The van der Waals surface area contributed by atoms with Crippen LogP contribution in [0.2, 0.25) is 0 Å². The number of hydrogen-bond donors (Lipinski definition) is 0. The number of ether oxygens (including phenoxy) is 1. The van der Waals surface area contributed by atoms with Crippen molar-refractivity contribution in [3.63, 3.8) is 0 Å². The molecule has 4 nitrogen and oxygen atoms in total. The van der Waals surface area contributed by atoms with Gasteiger partial charge < -0.3 is 9.64 Å². The Kier molecular flexibility index (Phi) is 5.11. The average Bonchev–Trinajstić information content (AvgIpc) is 3.31. The third kappa shape index (κ3) is 3.41. The lowest BCUT2D eigenvalue weighted by Gasteiger charge is -2.22. The van der Waals surface area contributed by atoms with E-state index in [4.69, 9.17) is 4.74 Å². The molecule has 0 unspecified atom stereocenters. The molecule has 1 saturated heterocycles. The molecule has 2 heterocycles. The second-order valence-electron chi connectivity index (χ2n) is 5.58. The SMILES string of the molecule is COC(=O)/C(CC(=O)c1cccs1)=C1\CCCN1c1ccccc1. The Balaban J connectivity index is 1.95. The topological polar surface area (TPSA) is 46.6 Å². The van der Waals surface area contributed by atoms with Gasteiger partial charge in [0.2, 0.25) is 0 Å². The van der Waals surface area contributed by atoms with Crippen LogP contribution in [0.25, 0.3) is 0 Å². The molecule has 0 amide bonds. The Morgan fingerprint density at radius 3 is 2.62 bits per heavy atom. The number of carbonyl (C=O) groups excluding carboxylic acids is 2. The number of nitrogens with zero attached hydrogens (tertiary/aromatic N) is 1. The molecule has 0 N–H and O–H groups in total. The largest absolute Gasteiger partial charge is 0.466 e. The number of ketones is 1. The summed E-state index contributed by atoms with van der Waals surface area (Å²) >= 11 is 1.39. The van der Waals surface area contributed by atoms with Crippen LogP contribution in [0.4, 0.5) is 5.69 Å². The predicted octanol–water partition coefficient (Wildman–Crippen LogP) is 4.05. The Morgan fingerprint density at radius 1 is 1.17 bits per heavy atom. The number of thiophene rings is 1. The van der Waals surface area contributed by atoms with Gasteiger partial charge in [-0.2, -0.15) is 0 Å². The Bertz CT molecular complexity index is 750. The van der Waals surface area contributed by atoms with E-state index in [2.05, 4.69) is 4.90 Å². The molecule has 1 aromatic carbocycles. The number of anilines is 1. The summed E-state index contributed by atoms with van der Waals surface area (Å²) in [5, 5.41) is 1.87. The van der Waals surface area contributed by atoms with Crippen LogP contribution in [0.3, 0.4) is 0 Å². The fourth-order valence-corrected chi connectivity index (χ4v) is 3.65. The maximum Gasteiger partial charge on any atom is 0.335 e. The summed E-state index contributed by atoms with van der Waals surface area (Å²) in [6.45, 7) is 0.840. The highest BCUT2D eigenvalue weighted by Gasteiger charge is 2.28. The minimum atomic E-state index is -0.419. The third-order valence-electron chi connectivity index (χ3n) is 4.10. The van der Waals surface area contributed by atoms with Crippen molar-refractivity contribution < 1.29 is 14.3 Å². The highest BCUT2D eigenvalue weighted by molar-refractivity contribution is 7.12. The van der Waals surface area contributed by atoms with Crippen molar-refractivity contribution >= 4 is 28.8 Å². The van der Waals surface area contributed by atoms with Crippen molar-refractivity contribution in [3.8, 4) is 0 Å². The minimum Gasteiger partial charge on any atom is -0.466 e. The number of carbonyl (C=O) groups is 2. The maximum absolute atomic E-state index is 12.5. The first-order valence-corrected chi connectivity index (χ1v) is 8.78. The van der Waals surface area contributed by atoms with Gasteiger partial charge in [0.05, 0.1) is 17.6 Å². The van der Waals surface area contributed by atoms with E-state index in [9.17, 15) is 9.59 Å². The first-order chi connectivity index (χ1) is 11.7. The van der Waals surface area contributed by atoms with Crippen LogP contribution in [-0.2, 0) is 9.53 Å². The lowest BCUT2D eigenvalue weighted by Crippen LogP contribution is -2.22. The molecule has 0 radical (unpaired) electrons. The van der Waals surface area contributed by atoms with Gasteiger partial charge in [-0.15, -0.1) is 11.3 Å². The van der Waals surface area contributed by atoms with Crippen LogP contribution in [0.5, 0.6) is 0 Å². The highest BCUT2D eigenvalue weighted by atomic mass is 32.1. The summed E-state index contributed by atoms with van der Waals surface area (Å²) < 4.78 is 4.95. The normalized spacial score (nSPS) is 16.1. The zero-order valence-corrected chi connectivity index (χ0v) is 14.3. The van der Waals surface area contributed by atoms with Crippen LogP contribution >= 0.6 is 11.3 Å². The number of rotatable bonds is 5. The molecule has 1 aliphatic heterocycles. The van der Waals surface area contributed by atoms with E-state index in [0.717, 1.165) is 30.8 Å². The summed E-state index contributed by atoms with van der Waals surface area (Å²) in [7, 11) is 1.36. The van der Waals surface area contributed by atoms with Gasteiger partial charge in [-0.3, -0.25) is 4.79 Å². The van der Waals surface area contributed by atoms with Gasteiger partial charge in [0.15, 0.2) is 5.78 Å². The van der Waals surface area contributed by atoms with Gasteiger partial charge in [-0.25, -0.2) is 4.79 Å². The van der Waals surface area contributed by atoms with E-state index < -0.39 is 5.97 Å². The molecule has 2 aromatic rings. The molecule has 0 aliphatic carbocycles. The Labute approximate surface area is 145 Å². The molecule has 1 aliphatic rings. The first kappa shape index (κ1) is 16.5. The van der Waals surface area contributed by atoms with Gasteiger partial charge in [0.25, 0.3) is 0 Å². The molecule has 3 rings (SSSR count). The fraction of sp³-hybridized carbons (Fsp3) is 0.263. The average molecular weight is 341 g/mol. The minimum absolute atomic E-state index is 0.0437. The summed E-state index contributed by atoms with van der Waals surface area (Å²) in [4.78, 5) is 27.6. The first-order valence-electron chi connectivity index (χ1n) is 7.90. The number of esters is 1. The van der Waals surface area contributed by atoms with Gasteiger partial charge in [-0.1, -0.05) is 24.3 Å². The smallest absolute Gasteiger partial charge is 0.335 e. The highest BCUT2D eigenvalue weighted by Crippen LogP contribution is 2.32. The van der Waals surface area contributed by atoms with Crippen molar-refractivity contribution in [2.75, 3.05) is 18.6 Å². The lowest BCUT2D eigenvalue weighted by molar-refractivity contribution is -0.136. The Hall–Kier alpha value is -2.40. The number of methoxy groups -OCH3 is 1. The molecule has 0 atom stereocenters. The van der Waals surface area contributed by atoms with Gasteiger partial charge in [-0.05, 0) is 36.4 Å². The predicted molar refractivity (Wildman–Crippen MR) is 95.3 cm³/mol. The number of para-hydroxylation sites is 1. The van der Waals surface area contributed by atoms with Crippen molar-refractivity contribution in [3.05, 3.63) is 64.0 Å². The van der Waals surface area contributed by atoms with E-state index in [-0.39, 0.29) is 12.2 Å². The van der Waals surface area contributed by atoms with E-state index in [0.29, 0.717) is 10.5 Å². The van der Waals surface area contributed by atoms with E-state index in [1.165, 1.54) is 18.4 Å². The van der Waals surface area contributed by atoms with Gasteiger partial charge in [0.1, 0.15) is 0 Å². The molecule has 0 bridgehead atoms. The van der Waals surface area contributed by atoms with Crippen LogP contribution in [0, 0.1) is 0 Å². The molecule has 0 spiro atoms. The van der Waals surface area contributed by atoms with Gasteiger partial charge >= 0.3 is 5.97 Å². The Morgan fingerprint density at radius 2 is 1.96 bits per heavy atom. The monoisotopic (exact) mass is 341 g/mol. The number of hydrogen-bond acceptors (Lipinski definition) is 5. The summed E-state index contributed by atoms with van der Waals surface area (Å²) in [6.07, 6.45) is 1.81. The lowest BCUT2D eigenvalue weighted by atomic mass is 10.0. The summed E-state index contributed by atoms with van der Waals surface area (Å²) in [5.74, 6) is -0.462. The second kappa shape index (κ2) is 7.45. The molecular weight excluding hydrogens is 322 g/mol. The van der Waals surface area contributed by atoms with E-state index in [1.54, 1.807) is 6.07 Å². The quantitative estimate of drug-likeness (QED) is 0.468. The summed E-state index contributed by atoms with van der Waals surface area (Å²) in [6, 6.07) is 13.6. The van der Waals surface area contributed by atoms with Crippen molar-refractivity contribution in [2.24, 2.45) is 0 Å². The summed E-state index contributed by atoms with van der Waals surface area (Å²) in [5.41, 5.74) is 2.41. The maximum atomic E-state index is 12.5. The van der Waals surface area contributed by atoms with Crippen LogP contribution in [0.15, 0.2) is 59.1 Å². The fourth-order valence-electron chi connectivity index (χ4n) is 2.98. The van der Waals surface area contributed by atoms with Crippen molar-refractivity contribution in [1.82, 2.24) is 0 Å². The molecule has 1 aromatic heterocycles.